The Morgan fingerprint density at radius 3 is 2.65 bits per heavy atom. The largest absolute Gasteiger partial charge is 0.490 e. The Balaban J connectivity index is 1.80. The van der Waals surface area contributed by atoms with Crippen LogP contribution >= 0.6 is 0 Å². The topological polar surface area (TPSA) is 74.8 Å². The molecule has 1 fully saturated rings. The number of hydrogen-bond donors (Lipinski definition) is 3. The van der Waals surface area contributed by atoms with Crippen molar-refractivity contribution in [3.8, 4) is 5.75 Å². The second kappa shape index (κ2) is 10.0. The van der Waals surface area contributed by atoms with Gasteiger partial charge in [-0.15, -0.1) is 0 Å². The van der Waals surface area contributed by atoms with Gasteiger partial charge in [0.05, 0.1) is 6.10 Å². The van der Waals surface area contributed by atoms with Gasteiger partial charge in [-0.2, -0.15) is 0 Å². The lowest BCUT2D eigenvalue weighted by molar-refractivity contribution is -0.122. The lowest BCUT2D eigenvalue weighted by atomic mass is 10.1. The van der Waals surface area contributed by atoms with Gasteiger partial charge in [0.15, 0.2) is 5.96 Å². The molecule has 0 saturated heterocycles. The Kier molecular flexibility index (Phi) is 7.75. The second-order valence-corrected chi connectivity index (χ2v) is 6.87. The molecule has 1 saturated carbocycles. The van der Waals surface area contributed by atoms with Gasteiger partial charge in [-0.1, -0.05) is 19.1 Å². The number of carbonyl (C=O) groups excluding carboxylic acids is 1. The van der Waals surface area contributed by atoms with Crippen LogP contribution in [0.4, 0.5) is 0 Å². The van der Waals surface area contributed by atoms with Crippen LogP contribution in [0.3, 0.4) is 0 Å². The lowest BCUT2D eigenvalue weighted by Gasteiger charge is -2.18. The van der Waals surface area contributed by atoms with Crippen molar-refractivity contribution < 1.29 is 9.53 Å². The highest BCUT2D eigenvalue weighted by Gasteiger charge is 2.28. The number of guanidine groups is 1. The summed E-state index contributed by atoms with van der Waals surface area (Å²) in [6.07, 6.45) is 3.21. The fraction of sp³-hybridized carbons (Fsp3) is 0.600. The molecule has 0 aromatic heterocycles. The summed E-state index contributed by atoms with van der Waals surface area (Å²) in [6, 6.07) is 6.25. The zero-order valence-electron chi connectivity index (χ0n) is 16.4. The van der Waals surface area contributed by atoms with E-state index in [1.165, 1.54) is 5.56 Å². The summed E-state index contributed by atoms with van der Waals surface area (Å²) in [5, 5.41) is 9.46. The smallest absolute Gasteiger partial charge is 0.223 e. The Morgan fingerprint density at radius 2 is 2.00 bits per heavy atom. The fourth-order valence-electron chi connectivity index (χ4n) is 2.47. The number of hydrogen-bond acceptors (Lipinski definition) is 3. The van der Waals surface area contributed by atoms with Crippen LogP contribution < -0.4 is 20.7 Å². The minimum absolute atomic E-state index is 0.168. The van der Waals surface area contributed by atoms with Crippen molar-refractivity contribution in [2.24, 2.45) is 10.9 Å². The molecule has 26 heavy (non-hydrogen) atoms. The highest BCUT2D eigenvalue weighted by Crippen LogP contribution is 2.28. The molecule has 1 aromatic rings. The van der Waals surface area contributed by atoms with E-state index in [0.29, 0.717) is 25.6 Å². The van der Waals surface area contributed by atoms with Gasteiger partial charge in [0.2, 0.25) is 5.91 Å². The Bertz CT molecular complexity index is 626. The zero-order valence-corrected chi connectivity index (χ0v) is 16.4. The third-order valence-corrected chi connectivity index (χ3v) is 4.46. The highest BCUT2D eigenvalue weighted by atomic mass is 16.5. The zero-order chi connectivity index (χ0) is 18.9. The van der Waals surface area contributed by atoms with Gasteiger partial charge < -0.3 is 20.7 Å². The van der Waals surface area contributed by atoms with Gasteiger partial charge >= 0.3 is 0 Å². The average Bonchev–Trinajstić information content (AvgIpc) is 3.47. The van der Waals surface area contributed by atoms with E-state index in [2.05, 4.69) is 59.9 Å². The standard InChI is InChI=1S/C20H32N4O2/c1-5-15(3)26-18-12-14(2)6-7-17(18)13-24-20(21-4)23-11-10-22-19(25)16-8-9-16/h6-7,12,15-16H,5,8-11,13H2,1-4H3,(H,22,25)(H2,21,23,24). The second-order valence-electron chi connectivity index (χ2n) is 6.87. The van der Waals surface area contributed by atoms with Crippen LogP contribution in [-0.4, -0.2) is 38.1 Å². The van der Waals surface area contributed by atoms with E-state index >= 15 is 0 Å². The molecule has 1 atom stereocenters. The normalized spacial score (nSPS) is 15.3. The number of aliphatic imine (C=N–C) groups is 1. The number of ether oxygens (including phenoxy) is 1. The van der Waals surface area contributed by atoms with E-state index < -0.39 is 0 Å². The van der Waals surface area contributed by atoms with E-state index in [-0.39, 0.29) is 17.9 Å². The number of carbonyl (C=O) groups is 1. The summed E-state index contributed by atoms with van der Waals surface area (Å²) in [5.74, 6) is 2.04. The number of amides is 1. The average molecular weight is 361 g/mol. The van der Waals surface area contributed by atoms with E-state index in [1.807, 2.05) is 0 Å². The number of nitrogens with zero attached hydrogens (tertiary/aromatic N) is 1. The first-order valence-corrected chi connectivity index (χ1v) is 9.51. The Hall–Kier alpha value is -2.24. The fourth-order valence-corrected chi connectivity index (χ4v) is 2.47. The van der Waals surface area contributed by atoms with Crippen molar-refractivity contribution in [1.29, 1.82) is 0 Å². The number of nitrogens with one attached hydrogen (secondary N) is 3. The molecule has 3 N–H and O–H groups in total. The molecule has 1 aromatic carbocycles. The molecule has 0 radical (unpaired) electrons. The first-order valence-electron chi connectivity index (χ1n) is 9.51. The summed E-state index contributed by atoms with van der Waals surface area (Å²) in [6.45, 7) is 8.13. The van der Waals surface area contributed by atoms with E-state index in [1.54, 1.807) is 7.05 Å². The van der Waals surface area contributed by atoms with Gasteiger partial charge in [0, 0.05) is 38.2 Å². The molecular formula is C20H32N4O2. The predicted octanol–water partition coefficient (Wildman–Crippen LogP) is 2.36. The maximum Gasteiger partial charge on any atom is 0.223 e. The molecule has 2 rings (SSSR count). The van der Waals surface area contributed by atoms with Crippen molar-refractivity contribution in [3.63, 3.8) is 0 Å². The minimum Gasteiger partial charge on any atom is -0.490 e. The van der Waals surface area contributed by atoms with Crippen molar-refractivity contribution in [1.82, 2.24) is 16.0 Å². The summed E-state index contributed by atoms with van der Waals surface area (Å²) < 4.78 is 6.05. The van der Waals surface area contributed by atoms with Crippen molar-refractivity contribution in [3.05, 3.63) is 29.3 Å². The van der Waals surface area contributed by atoms with Crippen LogP contribution in [0.25, 0.3) is 0 Å². The molecule has 0 aliphatic heterocycles. The first kappa shape index (κ1) is 20.1. The Morgan fingerprint density at radius 1 is 1.27 bits per heavy atom. The van der Waals surface area contributed by atoms with E-state index in [4.69, 9.17) is 4.74 Å². The SMILES string of the molecule is CCC(C)Oc1cc(C)ccc1CNC(=NC)NCCNC(=O)C1CC1. The van der Waals surface area contributed by atoms with Gasteiger partial charge in [-0.05, 0) is 44.7 Å². The monoisotopic (exact) mass is 360 g/mol. The molecule has 0 heterocycles. The lowest BCUT2D eigenvalue weighted by Crippen LogP contribution is -2.41. The van der Waals surface area contributed by atoms with Crippen LogP contribution in [-0.2, 0) is 11.3 Å². The molecule has 144 valence electrons. The highest BCUT2D eigenvalue weighted by molar-refractivity contribution is 5.81. The third kappa shape index (κ3) is 6.58. The van der Waals surface area contributed by atoms with Crippen molar-refractivity contribution in [2.75, 3.05) is 20.1 Å². The summed E-state index contributed by atoms with van der Waals surface area (Å²) >= 11 is 0. The predicted molar refractivity (Wildman–Crippen MR) is 105 cm³/mol. The third-order valence-electron chi connectivity index (χ3n) is 4.46. The van der Waals surface area contributed by atoms with Crippen molar-refractivity contribution >= 4 is 11.9 Å². The van der Waals surface area contributed by atoms with Gasteiger partial charge in [-0.3, -0.25) is 9.79 Å². The van der Waals surface area contributed by atoms with Crippen molar-refractivity contribution in [2.45, 2.75) is 52.7 Å². The maximum absolute atomic E-state index is 11.6. The van der Waals surface area contributed by atoms with Crippen LogP contribution in [0.2, 0.25) is 0 Å². The van der Waals surface area contributed by atoms with Gasteiger partial charge in [0.25, 0.3) is 0 Å². The van der Waals surface area contributed by atoms with Crippen LogP contribution in [0.1, 0.15) is 44.2 Å². The van der Waals surface area contributed by atoms with Crippen LogP contribution in [0, 0.1) is 12.8 Å². The molecular weight excluding hydrogens is 328 g/mol. The number of aryl methyl sites for hydroxylation is 1. The maximum atomic E-state index is 11.6. The van der Waals surface area contributed by atoms with Gasteiger partial charge in [-0.25, -0.2) is 0 Å². The molecule has 1 aliphatic carbocycles. The van der Waals surface area contributed by atoms with Crippen LogP contribution in [0.15, 0.2) is 23.2 Å². The van der Waals surface area contributed by atoms with Gasteiger partial charge in [0.1, 0.15) is 5.75 Å². The molecule has 0 spiro atoms. The molecule has 1 aliphatic rings. The Labute approximate surface area is 156 Å². The molecule has 6 nitrogen and oxygen atoms in total. The molecule has 0 bridgehead atoms. The van der Waals surface area contributed by atoms with E-state index in [9.17, 15) is 4.79 Å². The summed E-state index contributed by atoms with van der Waals surface area (Å²) in [7, 11) is 1.74. The quantitative estimate of drug-likeness (QED) is 0.359. The van der Waals surface area contributed by atoms with E-state index in [0.717, 1.165) is 30.6 Å². The number of benzene rings is 1. The molecule has 1 amide bonds. The van der Waals surface area contributed by atoms with Crippen LogP contribution in [0.5, 0.6) is 5.75 Å². The first-order chi connectivity index (χ1) is 12.5. The summed E-state index contributed by atoms with van der Waals surface area (Å²) in [4.78, 5) is 15.8. The molecule has 6 heteroatoms. The number of rotatable bonds is 9. The molecule has 1 unspecified atom stereocenters. The minimum atomic E-state index is 0.168. The summed E-state index contributed by atoms with van der Waals surface area (Å²) in [5.41, 5.74) is 2.28.